The van der Waals surface area contributed by atoms with Gasteiger partial charge in [-0.1, -0.05) is 127 Å². The van der Waals surface area contributed by atoms with Crippen molar-refractivity contribution in [3.8, 4) is 67.3 Å². The first kappa shape index (κ1) is 31.9. The summed E-state index contributed by atoms with van der Waals surface area (Å²) in [7, 11) is 0. The molecule has 0 saturated heterocycles. The molecule has 0 saturated carbocycles. The van der Waals surface area contributed by atoms with Gasteiger partial charge in [-0.05, 0) is 76.3 Å². The molecule has 0 fully saturated rings. The lowest BCUT2D eigenvalue weighted by molar-refractivity contribution is 0.668. The number of hydrogen-bond donors (Lipinski definition) is 0. The van der Waals surface area contributed by atoms with E-state index in [0.717, 1.165) is 105 Å². The Kier molecular flexibility index (Phi) is 7.42. The molecule has 0 aliphatic heterocycles. The van der Waals surface area contributed by atoms with Gasteiger partial charge in [0.2, 0.25) is 0 Å². The summed E-state index contributed by atoms with van der Waals surface area (Å²) in [6.07, 6.45) is 3.63. The van der Waals surface area contributed by atoms with Gasteiger partial charge in [-0.25, -0.2) is 9.97 Å². The first-order valence-corrected chi connectivity index (χ1v) is 18.7. The van der Waals surface area contributed by atoms with Crippen molar-refractivity contribution < 1.29 is 8.83 Å². The number of furan rings is 2. The number of para-hydroxylation sites is 2. The predicted molar refractivity (Wildman–Crippen MR) is 227 cm³/mol. The minimum atomic E-state index is 0.663. The molecule has 4 aromatic heterocycles. The average molecular weight is 718 g/mol. The summed E-state index contributed by atoms with van der Waals surface area (Å²) in [6, 6.07) is 60.7. The molecule has 0 N–H and O–H groups in total. The van der Waals surface area contributed by atoms with Crippen LogP contribution in [0.5, 0.6) is 0 Å². The SMILES string of the molecule is c1ccc(-c2cc(-c3ccc(-c4ccncc4)cc3)nc(-c3ccc(-c4ccc(-c5ccc6c(c5)oc5ccccc56)c5c4oc4ccccc45)cc3)n2)cc1. The zero-order valence-corrected chi connectivity index (χ0v) is 30.1. The number of fused-ring (bicyclic) bond motifs is 6. The van der Waals surface area contributed by atoms with Crippen LogP contribution in [-0.2, 0) is 0 Å². The third kappa shape index (κ3) is 5.45. The van der Waals surface area contributed by atoms with Crippen LogP contribution in [0.1, 0.15) is 0 Å². The van der Waals surface area contributed by atoms with E-state index in [2.05, 4.69) is 120 Å². The fraction of sp³-hybridized carbons (Fsp3) is 0. The Morgan fingerprint density at radius 2 is 0.893 bits per heavy atom. The van der Waals surface area contributed by atoms with E-state index < -0.39 is 0 Å². The summed E-state index contributed by atoms with van der Waals surface area (Å²) in [5.74, 6) is 0.663. The molecule has 11 aromatic rings. The first-order chi connectivity index (χ1) is 27.7. The molecular formula is C51H31N3O2. The molecule has 11 rings (SSSR count). The van der Waals surface area contributed by atoms with Crippen LogP contribution in [-0.4, -0.2) is 15.0 Å². The van der Waals surface area contributed by atoms with Crippen molar-refractivity contribution in [2.24, 2.45) is 0 Å². The molecule has 0 spiro atoms. The van der Waals surface area contributed by atoms with Crippen LogP contribution >= 0.6 is 0 Å². The second kappa shape index (κ2) is 13.0. The van der Waals surface area contributed by atoms with Crippen molar-refractivity contribution in [2.45, 2.75) is 0 Å². The van der Waals surface area contributed by atoms with E-state index in [-0.39, 0.29) is 0 Å². The number of hydrogen-bond acceptors (Lipinski definition) is 5. The third-order valence-electron chi connectivity index (χ3n) is 10.7. The Hall–Kier alpha value is -7.63. The van der Waals surface area contributed by atoms with Gasteiger partial charge in [0.05, 0.1) is 11.4 Å². The summed E-state index contributed by atoms with van der Waals surface area (Å²) >= 11 is 0. The van der Waals surface area contributed by atoms with E-state index in [1.165, 1.54) is 0 Å². The second-order valence-electron chi connectivity index (χ2n) is 14.0. The zero-order valence-electron chi connectivity index (χ0n) is 30.1. The monoisotopic (exact) mass is 717 g/mol. The van der Waals surface area contributed by atoms with Crippen LogP contribution in [0.2, 0.25) is 0 Å². The topological polar surface area (TPSA) is 65.0 Å². The van der Waals surface area contributed by atoms with E-state index in [9.17, 15) is 0 Å². The van der Waals surface area contributed by atoms with Gasteiger partial charge in [-0.3, -0.25) is 4.98 Å². The molecule has 5 heteroatoms. The molecular weight excluding hydrogens is 687 g/mol. The van der Waals surface area contributed by atoms with Crippen molar-refractivity contribution >= 4 is 43.9 Å². The quantitative estimate of drug-likeness (QED) is 0.171. The van der Waals surface area contributed by atoms with Crippen LogP contribution in [0.25, 0.3) is 111 Å². The van der Waals surface area contributed by atoms with Crippen LogP contribution in [0.3, 0.4) is 0 Å². The number of pyridine rings is 1. The molecule has 0 unspecified atom stereocenters. The van der Waals surface area contributed by atoms with E-state index in [1.54, 1.807) is 0 Å². The maximum Gasteiger partial charge on any atom is 0.160 e. The van der Waals surface area contributed by atoms with Crippen LogP contribution in [0, 0.1) is 0 Å². The number of benzene rings is 7. The highest BCUT2D eigenvalue weighted by molar-refractivity contribution is 6.17. The number of aromatic nitrogens is 3. The van der Waals surface area contributed by atoms with Crippen LogP contribution in [0.15, 0.2) is 197 Å². The Morgan fingerprint density at radius 1 is 0.339 bits per heavy atom. The smallest absolute Gasteiger partial charge is 0.160 e. The summed E-state index contributed by atoms with van der Waals surface area (Å²) in [5, 5.41) is 4.39. The minimum absolute atomic E-state index is 0.663. The largest absolute Gasteiger partial charge is 0.456 e. The molecule has 0 aliphatic carbocycles. The van der Waals surface area contributed by atoms with Gasteiger partial charge in [0.25, 0.3) is 0 Å². The highest BCUT2D eigenvalue weighted by Gasteiger charge is 2.19. The second-order valence-corrected chi connectivity index (χ2v) is 14.0. The lowest BCUT2D eigenvalue weighted by Gasteiger charge is -2.11. The summed E-state index contributed by atoms with van der Waals surface area (Å²) in [5.41, 5.74) is 14.7. The van der Waals surface area contributed by atoms with E-state index in [4.69, 9.17) is 18.8 Å². The van der Waals surface area contributed by atoms with Crippen molar-refractivity contribution in [2.75, 3.05) is 0 Å². The normalized spacial score (nSPS) is 11.6. The molecule has 262 valence electrons. The standard InChI is InChI=1S/C51H31N3O2/c1-2-8-35(9-3-1)44-31-45(36-18-14-32(15-19-36)33-26-28-52-29-27-33)54-51(53-44)37-20-16-34(17-21-37)40-25-24-39(49-43-11-5-7-13-47(43)56-50(40)49)38-22-23-42-41-10-4-6-12-46(41)55-48(42)30-38/h1-31H. The summed E-state index contributed by atoms with van der Waals surface area (Å²) in [6.45, 7) is 0. The Bertz CT molecular complexity index is 3220. The van der Waals surface area contributed by atoms with Crippen molar-refractivity contribution in [1.29, 1.82) is 0 Å². The van der Waals surface area contributed by atoms with Gasteiger partial charge in [0, 0.05) is 56.2 Å². The average Bonchev–Trinajstić information content (AvgIpc) is 3.85. The molecule has 56 heavy (non-hydrogen) atoms. The maximum absolute atomic E-state index is 6.67. The van der Waals surface area contributed by atoms with Gasteiger partial charge in [-0.15, -0.1) is 0 Å². The van der Waals surface area contributed by atoms with E-state index in [0.29, 0.717) is 5.82 Å². The molecule has 0 bridgehead atoms. The van der Waals surface area contributed by atoms with Crippen molar-refractivity contribution in [3.63, 3.8) is 0 Å². The lowest BCUT2D eigenvalue weighted by atomic mass is 9.94. The Labute approximate surface area is 322 Å². The summed E-state index contributed by atoms with van der Waals surface area (Å²) < 4.78 is 13.0. The maximum atomic E-state index is 6.67. The number of nitrogens with zero attached hydrogens (tertiary/aromatic N) is 3. The van der Waals surface area contributed by atoms with Gasteiger partial charge in [-0.2, -0.15) is 0 Å². The van der Waals surface area contributed by atoms with Gasteiger partial charge in [0.15, 0.2) is 5.82 Å². The predicted octanol–water partition coefficient (Wildman–Crippen LogP) is 13.7. The van der Waals surface area contributed by atoms with E-state index in [1.807, 2.05) is 73.1 Å². The van der Waals surface area contributed by atoms with Crippen molar-refractivity contribution in [1.82, 2.24) is 15.0 Å². The highest BCUT2D eigenvalue weighted by atomic mass is 16.3. The fourth-order valence-electron chi connectivity index (χ4n) is 7.85. The van der Waals surface area contributed by atoms with Crippen LogP contribution in [0.4, 0.5) is 0 Å². The Balaban J connectivity index is 0.998. The first-order valence-electron chi connectivity index (χ1n) is 18.7. The molecule has 7 aromatic carbocycles. The fourth-order valence-corrected chi connectivity index (χ4v) is 7.85. The van der Waals surface area contributed by atoms with E-state index >= 15 is 0 Å². The highest BCUT2D eigenvalue weighted by Crippen LogP contribution is 2.43. The third-order valence-corrected chi connectivity index (χ3v) is 10.7. The van der Waals surface area contributed by atoms with Gasteiger partial charge < -0.3 is 8.83 Å². The molecule has 0 aliphatic rings. The molecule has 0 radical (unpaired) electrons. The molecule has 0 amide bonds. The molecule has 4 heterocycles. The molecule has 5 nitrogen and oxygen atoms in total. The summed E-state index contributed by atoms with van der Waals surface area (Å²) in [4.78, 5) is 14.4. The van der Waals surface area contributed by atoms with Gasteiger partial charge >= 0.3 is 0 Å². The van der Waals surface area contributed by atoms with Crippen LogP contribution < -0.4 is 0 Å². The minimum Gasteiger partial charge on any atom is -0.456 e. The zero-order chi connectivity index (χ0) is 37.0. The Morgan fingerprint density at radius 3 is 1.66 bits per heavy atom. The van der Waals surface area contributed by atoms with Gasteiger partial charge in [0.1, 0.15) is 22.3 Å². The number of rotatable bonds is 6. The van der Waals surface area contributed by atoms with Crippen molar-refractivity contribution in [3.05, 3.63) is 188 Å². The molecule has 0 atom stereocenters. The lowest BCUT2D eigenvalue weighted by Crippen LogP contribution is -1.96.